The normalized spacial score (nSPS) is 12.9. The second kappa shape index (κ2) is 18.6. The van der Waals surface area contributed by atoms with Gasteiger partial charge in [-0.2, -0.15) is 10.5 Å². The number of fused-ring (bicyclic) bond motifs is 17. The molecule has 0 atom stereocenters. The van der Waals surface area contributed by atoms with Crippen LogP contribution in [-0.2, 0) is 0 Å². The van der Waals surface area contributed by atoms with Gasteiger partial charge in [-0.1, -0.05) is 182 Å². The molecule has 11 heteroatoms. The quantitative estimate of drug-likeness (QED) is 0.159. The van der Waals surface area contributed by atoms with Crippen LogP contribution in [0.25, 0.3) is 105 Å². The van der Waals surface area contributed by atoms with Gasteiger partial charge in [0.05, 0.1) is 50.2 Å². The molecule has 3 aromatic heterocycles. The lowest BCUT2D eigenvalue weighted by molar-refractivity contribution is 0.463. The predicted octanol–water partition coefficient (Wildman–Crippen LogP) is 15.5. The van der Waals surface area contributed by atoms with Gasteiger partial charge in [-0.3, -0.25) is 0 Å². The van der Waals surface area contributed by atoms with Crippen molar-refractivity contribution >= 4 is 112 Å². The molecular formula is C80H43B2N5O4. The summed E-state index contributed by atoms with van der Waals surface area (Å²) in [6.07, 6.45) is 0. The van der Waals surface area contributed by atoms with E-state index in [1.165, 1.54) is 0 Å². The number of benzene rings is 13. The van der Waals surface area contributed by atoms with Crippen LogP contribution in [0.3, 0.4) is 0 Å². The number of aromatic nitrogens is 3. The van der Waals surface area contributed by atoms with Gasteiger partial charge in [0.25, 0.3) is 13.4 Å². The third-order valence-electron chi connectivity index (χ3n) is 19.4. The van der Waals surface area contributed by atoms with Crippen molar-refractivity contribution in [3.8, 4) is 97.5 Å². The van der Waals surface area contributed by atoms with Gasteiger partial charge in [-0.25, -0.2) is 0 Å². The van der Waals surface area contributed by atoms with Crippen LogP contribution in [0.2, 0.25) is 0 Å². The first-order chi connectivity index (χ1) is 45.1. The number of hydrogen-bond acceptors (Lipinski definition) is 6. The summed E-state index contributed by atoms with van der Waals surface area (Å²) < 4.78 is 35.2. The standard InChI is InChI=1S/C80H43B2N5O4/c83-44-55-54(52-23-5-14-32-65(52)85-61-28-10-1-19-48(61)49-20-2-11-29-62(49)85)42-73-76-79(55)90-71-36-18-9-27-59(71)82(76)60-41-46(37-40-72(60)89-73)47-38-39-67(86-63-30-12-3-21-50(63)51-22-4-13-31-64(51)86)78-75(47)53-24-6-15-33-66(53)87(78)68-43-74-77-80(56(68)45-84)91-70-35-17-8-26-58(70)81(77)57-25-7-16-34-69(57)88-74/h1-43H. The highest BCUT2D eigenvalue weighted by atomic mass is 16.5. The van der Waals surface area contributed by atoms with Crippen LogP contribution in [0.1, 0.15) is 11.1 Å². The summed E-state index contributed by atoms with van der Waals surface area (Å²) in [7, 11) is 0. The van der Waals surface area contributed by atoms with Gasteiger partial charge in [0.1, 0.15) is 69.3 Å². The maximum absolute atomic E-state index is 11.8. The Bertz CT molecular complexity index is 5940. The van der Waals surface area contributed by atoms with Crippen molar-refractivity contribution in [1.82, 2.24) is 13.7 Å². The molecule has 0 spiro atoms. The number of nitriles is 2. The van der Waals surface area contributed by atoms with Crippen LogP contribution < -0.4 is 51.7 Å². The smallest absolute Gasteiger partial charge is 0.260 e. The molecule has 0 saturated carbocycles. The molecule has 4 aliphatic rings. The van der Waals surface area contributed by atoms with Gasteiger partial charge < -0.3 is 32.6 Å². The van der Waals surface area contributed by atoms with E-state index in [0.717, 1.165) is 132 Å². The van der Waals surface area contributed by atoms with E-state index in [2.05, 4.69) is 232 Å². The van der Waals surface area contributed by atoms with E-state index in [4.69, 9.17) is 18.9 Å². The molecule has 0 aliphatic carbocycles. The first-order valence-corrected chi connectivity index (χ1v) is 30.6. The molecule has 0 fully saturated rings. The van der Waals surface area contributed by atoms with Crippen LogP contribution in [0.4, 0.5) is 0 Å². The molecule has 91 heavy (non-hydrogen) atoms. The molecule has 4 aliphatic heterocycles. The van der Waals surface area contributed by atoms with E-state index in [1.54, 1.807) is 0 Å². The zero-order valence-corrected chi connectivity index (χ0v) is 48.3. The average molecular weight is 1160 g/mol. The number of nitrogens with zero attached hydrogens (tertiary/aromatic N) is 5. The largest absolute Gasteiger partial charge is 0.458 e. The Balaban J connectivity index is 0.829. The van der Waals surface area contributed by atoms with Crippen LogP contribution in [0.15, 0.2) is 261 Å². The van der Waals surface area contributed by atoms with Crippen molar-refractivity contribution in [1.29, 1.82) is 10.5 Å². The van der Waals surface area contributed by atoms with E-state index >= 15 is 0 Å². The number of para-hydroxylation sites is 9. The van der Waals surface area contributed by atoms with Gasteiger partial charge in [-0.15, -0.1) is 0 Å². The summed E-state index contributed by atoms with van der Waals surface area (Å²) in [5.41, 5.74) is 18.5. The first-order valence-electron chi connectivity index (χ1n) is 30.6. The summed E-state index contributed by atoms with van der Waals surface area (Å²) in [5.74, 6) is 5.08. The van der Waals surface area contributed by atoms with Crippen molar-refractivity contribution < 1.29 is 18.9 Å². The molecule has 13 aromatic carbocycles. The van der Waals surface area contributed by atoms with Crippen LogP contribution in [0.5, 0.6) is 46.0 Å². The fraction of sp³-hybridized carbons (Fsp3) is 0. The fourth-order valence-corrected chi connectivity index (χ4v) is 15.7. The summed E-state index contributed by atoms with van der Waals surface area (Å²) in [6.45, 7) is -0.592. The molecule has 0 unspecified atom stereocenters. The van der Waals surface area contributed by atoms with E-state index in [-0.39, 0.29) is 13.4 Å². The van der Waals surface area contributed by atoms with Gasteiger partial charge in [0.15, 0.2) is 0 Å². The Morgan fingerprint density at radius 1 is 0.297 bits per heavy atom. The Morgan fingerprint density at radius 3 is 1.31 bits per heavy atom. The van der Waals surface area contributed by atoms with Crippen molar-refractivity contribution in [2.24, 2.45) is 0 Å². The zero-order valence-electron chi connectivity index (χ0n) is 48.3. The SMILES string of the molecule is N#Cc1c(-c2ccccc2-n2c3ccccc3c3ccccc32)cc2c3c1Oc1ccccc1B3c1cc(-c3ccc(-n4c5ccccc5c5ccccc54)c4c3c3ccccc3n4-c3cc4c5c(c3C#N)Oc3ccccc3B5c3ccccc3O4)ccc1O2. The van der Waals surface area contributed by atoms with E-state index in [0.29, 0.717) is 62.6 Å². The van der Waals surface area contributed by atoms with Crippen molar-refractivity contribution in [3.63, 3.8) is 0 Å². The van der Waals surface area contributed by atoms with Crippen molar-refractivity contribution in [3.05, 3.63) is 272 Å². The second-order valence-electron chi connectivity index (χ2n) is 23.9. The topological polar surface area (TPSA) is 99.3 Å². The summed E-state index contributed by atoms with van der Waals surface area (Å²) in [5, 5.41) is 29.9. The lowest BCUT2D eigenvalue weighted by Gasteiger charge is -2.34. The molecule has 7 heterocycles. The monoisotopic (exact) mass is 1160 g/mol. The highest BCUT2D eigenvalue weighted by molar-refractivity contribution is 6.99. The van der Waals surface area contributed by atoms with Crippen LogP contribution in [0, 0.1) is 22.7 Å². The van der Waals surface area contributed by atoms with Gasteiger partial charge >= 0.3 is 0 Å². The van der Waals surface area contributed by atoms with E-state index in [1.807, 2.05) is 54.6 Å². The first kappa shape index (κ1) is 49.7. The summed E-state index contributed by atoms with van der Waals surface area (Å²) in [4.78, 5) is 0. The summed E-state index contributed by atoms with van der Waals surface area (Å²) >= 11 is 0. The lowest BCUT2D eigenvalue weighted by atomic mass is 9.34. The van der Waals surface area contributed by atoms with Gasteiger partial charge in [0, 0.05) is 60.4 Å². The Labute approximate surface area is 521 Å². The van der Waals surface area contributed by atoms with Crippen LogP contribution >= 0.6 is 0 Å². The molecule has 0 amide bonds. The van der Waals surface area contributed by atoms with Crippen LogP contribution in [-0.4, -0.2) is 27.1 Å². The van der Waals surface area contributed by atoms with Crippen molar-refractivity contribution in [2.45, 2.75) is 0 Å². The van der Waals surface area contributed by atoms with Gasteiger partial charge in [-0.05, 0) is 106 Å². The van der Waals surface area contributed by atoms with E-state index < -0.39 is 0 Å². The molecule has 0 saturated heterocycles. The second-order valence-corrected chi connectivity index (χ2v) is 23.9. The molecule has 0 N–H and O–H groups in total. The van der Waals surface area contributed by atoms with Crippen molar-refractivity contribution in [2.75, 3.05) is 0 Å². The van der Waals surface area contributed by atoms with Gasteiger partial charge in [0.2, 0.25) is 0 Å². The summed E-state index contributed by atoms with van der Waals surface area (Å²) in [6, 6.07) is 95.9. The average Bonchev–Trinajstić information content (AvgIpc) is 1.71. The molecule has 0 radical (unpaired) electrons. The Morgan fingerprint density at radius 2 is 0.736 bits per heavy atom. The number of hydrogen-bond donors (Lipinski definition) is 0. The third-order valence-corrected chi connectivity index (χ3v) is 19.4. The predicted molar refractivity (Wildman–Crippen MR) is 365 cm³/mol. The zero-order chi connectivity index (χ0) is 59.7. The highest BCUT2D eigenvalue weighted by Crippen LogP contribution is 2.49. The van der Waals surface area contributed by atoms with E-state index in [9.17, 15) is 10.5 Å². The molecule has 0 bridgehead atoms. The number of ether oxygens (including phenoxy) is 4. The third kappa shape index (κ3) is 6.73. The maximum atomic E-state index is 11.8. The Hall–Kier alpha value is -12.4. The lowest BCUT2D eigenvalue weighted by Crippen LogP contribution is -2.57. The maximum Gasteiger partial charge on any atom is 0.260 e. The molecule has 418 valence electrons. The fourth-order valence-electron chi connectivity index (χ4n) is 15.7. The minimum absolute atomic E-state index is 0.222. The molecule has 9 nitrogen and oxygen atoms in total. The highest BCUT2D eigenvalue weighted by Gasteiger charge is 2.45. The molecular weight excluding hydrogens is 1120 g/mol. The minimum atomic E-state index is -0.370. The minimum Gasteiger partial charge on any atom is -0.458 e. The Kier molecular flexibility index (Phi) is 10.1. The number of rotatable bonds is 5. The molecule has 20 rings (SSSR count). The molecule has 16 aromatic rings.